The number of rotatable bonds is 3. The molecular formula is C8H5F3N2O4. The van der Waals surface area contributed by atoms with E-state index >= 15 is 0 Å². The molecule has 0 aliphatic heterocycles. The lowest BCUT2D eigenvalue weighted by Crippen LogP contribution is -2.15. The van der Waals surface area contributed by atoms with Gasteiger partial charge in [-0.15, -0.1) is 0 Å². The number of aliphatic carboxylic acids is 1. The van der Waals surface area contributed by atoms with E-state index in [4.69, 9.17) is 5.11 Å². The lowest BCUT2D eigenvalue weighted by Gasteiger charge is -2.05. The Kier molecular flexibility index (Phi) is 3.61. The number of carboxylic acids is 1. The van der Waals surface area contributed by atoms with Crippen LogP contribution in [0.1, 0.15) is 12.1 Å². The third-order valence-corrected chi connectivity index (χ3v) is 1.43. The monoisotopic (exact) mass is 250 g/mol. The number of esters is 1. The maximum Gasteiger partial charge on any atom is 0.434 e. The summed E-state index contributed by atoms with van der Waals surface area (Å²) in [6.07, 6.45) is -4.59. The lowest BCUT2D eigenvalue weighted by atomic mass is 10.4. The molecule has 0 bridgehead atoms. The first-order valence-corrected chi connectivity index (χ1v) is 4.11. The Hall–Kier alpha value is -2.19. The third-order valence-electron chi connectivity index (χ3n) is 1.43. The summed E-state index contributed by atoms with van der Waals surface area (Å²) < 4.78 is 40.5. The number of halogens is 3. The maximum absolute atomic E-state index is 12.1. The molecule has 0 aliphatic rings. The zero-order valence-electron chi connectivity index (χ0n) is 8.06. The Morgan fingerprint density at radius 3 is 2.35 bits per heavy atom. The van der Waals surface area contributed by atoms with Crippen molar-refractivity contribution in [3.63, 3.8) is 0 Å². The van der Waals surface area contributed by atoms with Crippen LogP contribution in [-0.4, -0.2) is 27.0 Å². The molecule has 17 heavy (non-hydrogen) atoms. The highest BCUT2D eigenvalue weighted by Gasteiger charge is 2.32. The number of alkyl halides is 3. The molecule has 1 aromatic heterocycles. The second kappa shape index (κ2) is 4.76. The van der Waals surface area contributed by atoms with E-state index in [0.29, 0.717) is 12.4 Å². The molecule has 0 unspecified atom stereocenters. The molecular weight excluding hydrogens is 245 g/mol. The van der Waals surface area contributed by atoms with Crippen LogP contribution in [0.25, 0.3) is 0 Å². The molecule has 0 saturated heterocycles. The van der Waals surface area contributed by atoms with E-state index in [2.05, 4.69) is 14.7 Å². The van der Waals surface area contributed by atoms with E-state index in [1.807, 2.05) is 0 Å². The molecule has 92 valence electrons. The topological polar surface area (TPSA) is 89.4 Å². The van der Waals surface area contributed by atoms with Gasteiger partial charge in [0.1, 0.15) is 6.42 Å². The van der Waals surface area contributed by atoms with Gasteiger partial charge in [0.15, 0.2) is 5.69 Å². The van der Waals surface area contributed by atoms with Gasteiger partial charge >= 0.3 is 18.1 Å². The second-order valence-electron chi connectivity index (χ2n) is 2.78. The molecule has 1 heterocycles. The summed E-state index contributed by atoms with van der Waals surface area (Å²) in [6, 6.07) is 0. The molecule has 0 amide bonds. The van der Waals surface area contributed by atoms with Crippen molar-refractivity contribution in [1.82, 2.24) is 9.97 Å². The Morgan fingerprint density at radius 2 is 1.94 bits per heavy atom. The third kappa shape index (κ3) is 4.05. The highest BCUT2D eigenvalue weighted by atomic mass is 19.4. The van der Waals surface area contributed by atoms with Crippen LogP contribution in [0, 0.1) is 0 Å². The molecule has 1 N–H and O–H groups in total. The first-order chi connectivity index (χ1) is 7.79. The van der Waals surface area contributed by atoms with Crippen LogP contribution >= 0.6 is 0 Å². The normalized spacial score (nSPS) is 11.0. The second-order valence-corrected chi connectivity index (χ2v) is 2.78. The van der Waals surface area contributed by atoms with Gasteiger partial charge in [-0.25, -0.2) is 9.97 Å². The standard InChI is InChI=1S/C8H5F3N2O4/c9-8(10,11)4-2-13-5(3-12-4)17-7(16)1-6(14)15/h2-3H,1H2,(H,14,15). The fraction of sp³-hybridized carbons (Fsp3) is 0.250. The maximum atomic E-state index is 12.1. The molecule has 0 fully saturated rings. The minimum absolute atomic E-state index is 0.378. The zero-order valence-corrected chi connectivity index (χ0v) is 8.06. The van der Waals surface area contributed by atoms with E-state index in [0.717, 1.165) is 0 Å². The molecule has 1 rings (SSSR count). The lowest BCUT2D eigenvalue weighted by molar-refractivity contribution is -0.145. The number of hydrogen-bond acceptors (Lipinski definition) is 5. The SMILES string of the molecule is O=C(O)CC(=O)Oc1cnc(C(F)(F)F)cn1. The fourth-order valence-corrected chi connectivity index (χ4v) is 0.791. The van der Waals surface area contributed by atoms with Gasteiger partial charge in [0, 0.05) is 0 Å². The molecule has 0 aromatic carbocycles. The van der Waals surface area contributed by atoms with Crippen molar-refractivity contribution in [2.45, 2.75) is 12.6 Å². The first-order valence-electron chi connectivity index (χ1n) is 4.11. The molecule has 0 saturated carbocycles. The summed E-state index contributed by atoms with van der Waals surface area (Å²) in [5, 5.41) is 8.23. The predicted octanol–water partition coefficient (Wildman–Crippen LogP) is 0.876. The number of hydrogen-bond donors (Lipinski definition) is 1. The van der Waals surface area contributed by atoms with E-state index in [9.17, 15) is 22.8 Å². The average Bonchev–Trinajstić information content (AvgIpc) is 2.15. The van der Waals surface area contributed by atoms with Gasteiger partial charge in [0.25, 0.3) is 0 Å². The molecule has 6 nitrogen and oxygen atoms in total. The van der Waals surface area contributed by atoms with Crippen molar-refractivity contribution in [3.8, 4) is 5.88 Å². The predicted molar refractivity (Wildman–Crippen MR) is 44.9 cm³/mol. The van der Waals surface area contributed by atoms with Gasteiger partial charge in [0.05, 0.1) is 12.4 Å². The van der Waals surface area contributed by atoms with Gasteiger partial charge in [0.2, 0.25) is 5.88 Å². The molecule has 1 aromatic rings. The Labute approximate surface area is 92.1 Å². The Morgan fingerprint density at radius 1 is 1.29 bits per heavy atom. The number of carbonyl (C=O) groups is 2. The van der Waals surface area contributed by atoms with Gasteiger partial charge < -0.3 is 9.84 Å². The number of carbonyl (C=O) groups excluding carboxylic acids is 1. The van der Waals surface area contributed by atoms with Crippen molar-refractivity contribution in [2.24, 2.45) is 0 Å². The van der Waals surface area contributed by atoms with Gasteiger partial charge in [-0.1, -0.05) is 0 Å². The van der Waals surface area contributed by atoms with Crippen LogP contribution in [0.15, 0.2) is 12.4 Å². The van der Waals surface area contributed by atoms with Crippen LogP contribution < -0.4 is 4.74 Å². The van der Waals surface area contributed by atoms with Crippen LogP contribution in [0.4, 0.5) is 13.2 Å². The molecule has 0 radical (unpaired) electrons. The Bertz CT molecular complexity index is 429. The van der Waals surface area contributed by atoms with Crippen molar-refractivity contribution in [1.29, 1.82) is 0 Å². The van der Waals surface area contributed by atoms with Crippen LogP contribution in [0.2, 0.25) is 0 Å². The van der Waals surface area contributed by atoms with Crippen LogP contribution in [0.5, 0.6) is 5.88 Å². The van der Waals surface area contributed by atoms with Gasteiger partial charge in [-0.3, -0.25) is 9.59 Å². The van der Waals surface area contributed by atoms with Crippen LogP contribution in [0.3, 0.4) is 0 Å². The number of carboxylic acid groups (broad SMARTS) is 1. The van der Waals surface area contributed by atoms with Crippen LogP contribution in [-0.2, 0) is 15.8 Å². The molecule has 9 heteroatoms. The average molecular weight is 250 g/mol. The van der Waals surface area contributed by atoms with Gasteiger partial charge in [-0.05, 0) is 0 Å². The quantitative estimate of drug-likeness (QED) is 0.632. The van der Waals surface area contributed by atoms with Crippen molar-refractivity contribution >= 4 is 11.9 Å². The van der Waals surface area contributed by atoms with Crippen molar-refractivity contribution in [2.75, 3.05) is 0 Å². The van der Waals surface area contributed by atoms with E-state index in [1.54, 1.807) is 0 Å². The molecule has 0 atom stereocenters. The minimum atomic E-state index is -4.64. The largest absolute Gasteiger partial charge is 0.481 e. The van der Waals surface area contributed by atoms with E-state index in [1.165, 1.54) is 0 Å². The van der Waals surface area contributed by atoms with Crippen molar-refractivity contribution < 1.29 is 32.6 Å². The first kappa shape index (κ1) is 12.9. The van der Waals surface area contributed by atoms with E-state index in [-0.39, 0.29) is 0 Å². The summed E-state index contributed by atoms with van der Waals surface area (Å²) >= 11 is 0. The van der Waals surface area contributed by atoms with Gasteiger partial charge in [-0.2, -0.15) is 13.2 Å². The van der Waals surface area contributed by atoms with Crippen molar-refractivity contribution in [3.05, 3.63) is 18.1 Å². The summed E-state index contributed by atoms with van der Waals surface area (Å²) in [5.41, 5.74) is -1.24. The fourth-order valence-electron chi connectivity index (χ4n) is 0.791. The highest BCUT2D eigenvalue weighted by molar-refractivity contribution is 5.90. The summed E-state index contributed by atoms with van der Waals surface area (Å²) in [7, 11) is 0. The zero-order chi connectivity index (χ0) is 13.1. The summed E-state index contributed by atoms with van der Waals surface area (Å²) in [4.78, 5) is 27.1. The Balaban J connectivity index is 2.69. The molecule has 0 spiro atoms. The highest BCUT2D eigenvalue weighted by Crippen LogP contribution is 2.27. The number of aromatic nitrogens is 2. The summed E-state index contributed by atoms with van der Waals surface area (Å²) in [5.74, 6) is -3.06. The number of ether oxygens (including phenoxy) is 1. The van der Waals surface area contributed by atoms with E-state index < -0.39 is 36.1 Å². The molecule has 0 aliphatic carbocycles. The summed E-state index contributed by atoms with van der Waals surface area (Å²) in [6.45, 7) is 0. The smallest absolute Gasteiger partial charge is 0.434 e. The minimum Gasteiger partial charge on any atom is -0.481 e. The number of nitrogens with zero attached hydrogens (tertiary/aromatic N) is 2.